The summed E-state index contributed by atoms with van der Waals surface area (Å²) in [5.41, 5.74) is 0. The maximum Gasteiger partial charge on any atom is 0.243 e. The Morgan fingerprint density at radius 2 is 2.00 bits per heavy atom. The summed E-state index contributed by atoms with van der Waals surface area (Å²) in [7, 11) is 0. The van der Waals surface area contributed by atoms with Gasteiger partial charge >= 0.3 is 0 Å². The molecule has 5 nitrogen and oxygen atoms in total. The van der Waals surface area contributed by atoms with Crippen molar-refractivity contribution < 1.29 is 14.3 Å². The van der Waals surface area contributed by atoms with Crippen LogP contribution in [-0.2, 0) is 9.59 Å². The Morgan fingerprint density at radius 3 is 2.57 bits per heavy atom. The fraction of sp³-hybridized carbons (Fsp3) is 0.556. The number of likely N-dealkylation sites (tertiary alicyclic amines) is 1. The molecule has 1 aromatic carbocycles. The van der Waals surface area contributed by atoms with Gasteiger partial charge in [-0.15, -0.1) is 0 Å². The smallest absolute Gasteiger partial charge is 0.243 e. The molecule has 0 bridgehead atoms. The van der Waals surface area contributed by atoms with Crippen LogP contribution in [0.25, 0.3) is 0 Å². The first kappa shape index (κ1) is 17.3. The molecule has 3 unspecified atom stereocenters. The van der Waals surface area contributed by atoms with Gasteiger partial charge in [0, 0.05) is 13.0 Å². The molecule has 0 radical (unpaired) electrons. The first-order chi connectivity index (χ1) is 11.0. The minimum Gasteiger partial charge on any atom is -0.489 e. The van der Waals surface area contributed by atoms with Gasteiger partial charge in [-0.25, -0.2) is 0 Å². The molecule has 0 saturated carbocycles. The Morgan fingerprint density at radius 1 is 1.30 bits per heavy atom. The maximum absolute atomic E-state index is 12.5. The molecule has 126 valence electrons. The number of ether oxygens (including phenoxy) is 1. The quantitative estimate of drug-likeness (QED) is 0.839. The zero-order valence-electron chi connectivity index (χ0n) is 14.1. The molecule has 2 amide bonds. The second kappa shape index (κ2) is 7.99. The lowest BCUT2D eigenvalue weighted by atomic mass is 10.1. The molecule has 0 aromatic heterocycles. The largest absolute Gasteiger partial charge is 0.489 e. The molecule has 0 spiro atoms. The number of nitrogens with one attached hydrogen (secondary N) is 1. The molecule has 1 aliphatic heterocycles. The van der Waals surface area contributed by atoms with E-state index in [-0.39, 0.29) is 30.0 Å². The number of para-hydroxylation sites is 1. The number of hydrogen-bond acceptors (Lipinski definition) is 3. The van der Waals surface area contributed by atoms with Gasteiger partial charge in [-0.1, -0.05) is 25.1 Å². The summed E-state index contributed by atoms with van der Waals surface area (Å²) in [6.07, 6.45) is 1.85. The average molecular weight is 318 g/mol. The second-order valence-corrected chi connectivity index (χ2v) is 6.05. The van der Waals surface area contributed by atoms with E-state index in [1.807, 2.05) is 51.1 Å². The van der Waals surface area contributed by atoms with Crippen molar-refractivity contribution in [2.45, 2.75) is 58.2 Å². The van der Waals surface area contributed by atoms with Crippen molar-refractivity contribution in [3.8, 4) is 5.75 Å². The number of carbonyl (C=O) groups excluding carboxylic acids is 2. The van der Waals surface area contributed by atoms with Crippen molar-refractivity contribution in [2.75, 3.05) is 6.54 Å². The Labute approximate surface area is 138 Å². The van der Waals surface area contributed by atoms with Gasteiger partial charge in [-0.2, -0.15) is 0 Å². The van der Waals surface area contributed by atoms with Crippen LogP contribution in [0, 0.1) is 0 Å². The third kappa shape index (κ3) is 4.47. The van der Waals surface area contributed by atoms with Crippen LogP contribution in [0.5, 0.6) is 5.75 Å². The van der Waals surface area contributed by atoms with Crippen LogP contribution in [0.3, 0.4) is 0 Å². The fourth-order valence-electron chi connectivity index (χ4n) is 2.80. The zero-order valence-corrected chi connectivity index (χ0v) is 14.1. The summed E-state index contributed by atoms with van der Waals surface area (Å²) in [5, 5.41) is 2.99. The normalized spacial score (nSPS) is 18.4. The summed E-state index contributed by atoms with van der Waals surface area (Å²) < 4.78 is 5.84. The number of nitrogens with zero attached hydrogens (tertiary/aromatic N) is 1. The van der Waals surface area contributed by atoms with Crippen molar-refractivity contribution in [3.63, 3.8) is 0 Å². The molecular weight excluding hydrogens is 292 g/mol. The number of amides is 2. The van der Waals surface area contributed by atoms with Crippen LogP contribution in [-0.4, -0.2) is 41.4 Å². The van der Waals surface area contributed by atoms with Crippen molar-refractivity contribution in [1.29, 1.82) is 0 Å². The summed E-state index contributed by atoms with van der Waals surface area (Å²) in [6, 6.07) is 9.02. The molecule has 2 rings (SSSR count). The summed E-state index contributed by atoms with van der Waals surface area (Å²) >= 11 is 0. The number of carbonyl (C=O) groups is 2. The Hall–Kier alpha value is -2.04. The van der Waals surface area contributed by atoms with E-state index in [2.05, 4.69) is 5.32 Å². The molecule has 3 atom stereocenters. The molecule has 23 heavy (non-hydrogen) atoms. The molecule has 1 heterocycles. The SMILES string of the molecule is CCC(C(=O)NC(C)C(C)Oc1ccccc1)N1CCCC1=O. The predicted molar refractivity (Wildman–Crippen MR) is 89.2 cm³/mol. The van der Waals surface area contributed by atoms with Crippen molar-refractivity contribution in [3.05, 3.63) is 30.3 Å². The van der Waals surface area contributed by atoms with E-state index in [1.165, 1.54) is 0 Å². The molecule has 1 fully saturated rings. The summed E-state index contributed by atoms with van der Waals surface area (Å²) in [5.74, 6) is 0.759. The van der Waals surface area contributed by atoms with Gasteiger partial charge in [0.2, 0.25) is 11.8 Å². The fourth-order valence-corrected chi connectivity index (χ4v) is 2.80. The molecular formula is C18H26N2O3. The van der Waals surface area contributed by atoms with Crippen LogP contribution >= 0.6 is 0 Å². The van der Waals surface area contributed by atoms with Gasteiger partial charge in [-0.3, -0.25) is 9.59 Å². The number of benzene rings is 1. The van der Waals surface area contributed by atoms with Crippen molar-refractivity contribution >= 4 is 11.8 Å². The van der Waals surface area contributed by atoms with E-state index in [0.29, 0.717) is 19.4 Å². The van der Waals surface area contributed by atoms with Crippen molar-refractivity contribution in [1.82, 2.24) is 10.2 Å². The van der Waals surface area contributed by atoms with Crippen LogP contribution in [0.2, 0.25) is 0 Å². The first-order valence-corrected chi connectivity index (χ1v) is 8.34. The highest BCUT2D eigenvalue weighted by atomic mass is 16.5. The van der Waals surface area contributed by atoms with E-state index in [4.69, 9.17) is 4.74 Å². The highest BCUT2D eigenvalue weighted by molar-refractivity contribution is 5.88. The van der Waals surface area contributed by atoms with E-state index in [0.717, 1.165) is 12.2 Å². The topological polar surface area (TPSA) is 58.6 Å². The van der Waals surface area contributed by atoms with E-state index >= 15 is 0 Å². The van der Waals surface area contributed by atoms with E-state index < -0.39 is 0 Å². The molecule has 1 N–H and O–H groups in total. The van der Waals surface area contributed by atoms with Crippen LogP contribution in [0.1, 0.15) is 40.0 Å². The van der Waals surface area contributed by atoms with Crippen LogP contribution in [0.4, 0.5) is 0 Å². The van der Waals surface area contributed by atoms with Gasteiger partial charge in [0.1, 0.15) is 17.9 Å². The van der Waals surface area contributed by atoms with Gasteiger partial charge in [0.05, 0.1) is 6.04 Å². The minimum atomic E-state index is -0.378. The zero-order chi connectivity index (χ0) is 16.8. The summed E-state index contributed by atoms with van der Waals surface area (Å²) in [4.78, 5) is 26.1. The Balaban J connectivity index is 1.91. The highest BCUT2D eigenvalue weighted by Crippen LogP contribution is 2.17. The van der Waals surface area contributed by atoms with Crippen LogP contribution in [0.15, 0.2) is 30.3 Å². The first-order valence-electron chi connectivity index (χ1n) is 8.34. The lowest BCUT2D eigenvalue weighted by Gasteiger charge is -2.29. The minimum absolute atomic E-state index is 0.0771. The molecule has 1 aromatic rings. The summed E-state index contributed by atoms with van der Waals surface area (Å²) in [6.45, 7) is 6.46. The molecule has 5 heteroatoms. The molecule has 1 saturated heterocycles. The molecule has 1 aliphatic rings. The van der Waals surface area contributed by atoms with Crippen molar-refractivity contribution in [2.24, 2.45) is 0 Å². The lowest BCUT2D eigenvalue weighted by molar-refractivity contribution is -0.138. The number of hydrogen-bond donors (Lipinski definition) is 1. The second-order valence-electron chi connectivity index (χ2n) is 6.05. The number of rotatable bonds is 7. The Bertz CT molecular complexity index is 532. The predicted octanol–water partition coefficient (Wildman–Crippen LogP) is 2.36. The maximum atomic E-state index is 12.5. The third-order valence-electron chi connectivity index (χ3n) is 4.31. The lowest BCUT2D eigenvalue weighted by Crippen LogP contribution is -2.52. The van der Waals surface area contributed by atoms with Gasteiger partial charge < -0.3 is 15.0 Å². The van der Waals surface area contributed by atoms with Gasteiger partial charge in [0.25, 0.3) is 0 Å². The average Bonchev–Trinajstić information content (AvgIpc) is 2.95. The van der Waals surface area contributed by atoms with Crippen LogP contribution < -0.4 is 10.1 Å². The standard InChI is InChI=1S/C18H26N2O3/c1-4-16(20-12-8-11-17(20)21)18(22)19-13(2)14(3)23-15-9-6-5-7-10-15/h5-7,9-10,13-14,16H,4,8,11-12H2,1-3H3,(H,19,22). The van der Waals surface area contributed by atoms with Gasteiger partial charge in [0.15, 0.2) is 0 Å². The van der Waals surface area contributed by atoms with Gasteiger partial charge in [-0.05, 0) is 38.8 Å². The highest BCUT2D eigenvalue weighted by Gasteiger charge is 2.32. The molecule has 0 aliphatic carbocycles. The third-order valence-corrected chi connectivity index (χ3v) is 4.31. The monoisotopic (exact) mass is 318 g/mol. The Kier molecular flexibility index (Phi) is 6.02. The van der Waals surface area contributed by atoms with E-state index in [1.54, 1.807) is 4.90 Å². The van der Waals surface area contributed by atoms with E-state index in [9.17, 15) is 9.59 Å².